The summed E-state index contributed by atoms with van der Waals surface area (Å²) < 4.78 is 12.5. The molecule has 12 rings (SSSR count). The molecule has 0 N–H and O–H groups in total. The number of aromatic nitrogens is 3. The van der Waals surface area contributed by atoms with E-state index in [-0.39, 0.29) is 0 Å². The lowest BCUT2D eigenvalue weighted by Crippen LogP contribution is -2.01. The molecule has 0 atom stereocenters. The van der Waals surface area contributed by atoms with Crippen LogP contribution in [0.25, 0.3) is 123 Å². The molecule has 0 saturated heterocycles. The van der Waals surface area contributed by atoms with Crippen LogP contribution in [-0.2, 0) is 0 Å². The maximum absolute atomic E-state index is 6.25. The van der Waals surface area contributed by atoms with E-state index >= 15 is 0 Å². The Morgan fingerprint density at radius 1 is 0.226 bits per heavy atom. The minimum atomic E-state index is 0.577. The molecule has 0 unspecified atom stereocenters. The topological polar surface area (TPSA) is 65.0 Å². The van der Waals surface area contributed by atoms with E-state index in [1.54, 1.807) is 0 Å². The zero-order chi connectivity index (χ0) is 41.0. The summed E-state index contributed by atoms with van der Waals surface area (Å²) >= 11 is 0. The molecule has 0 aliphatic rings. The van der Waals surface area contributed by atoms with Gasteiger partial charge < -0.3 is 8.83 Å². The third-order valence-corrected chi connectivity index (χ3v) is 11.7. The molecule has 0 aliphatic carbocycles. The van der Waals surface area contributed by atoms with Crippen molar-refractivity contribution >= 4 is 43.9 Å². The van der Waals surface area contributed by atoms with Crippen molar-refractivity contribution < 1.29 is 8.83 Å². The number of furan rings is 2. The molecule has 290 valence electrons. The fourth-order valence-electron chi connectivity index (χ4n) is 8.65. The van der Waals surface area contributed by atoms with Crippen molar-refractivity contribution in [1.82, 2.24) is 15.0 Å². The number of benzene rings is 9. The monoisotopic (exact) mass is 793 g/mol. The molecule has 62 heavy (non-hydrogen) atoms. The second kappa shape index (κ2) is 14.7. The van der Waals surface area contributed by atoms with Gasteiger partial charge in [-0.2, -0.15) is 0 Å². The van der Waals surface area contributed by atoms with Gasteiger partial charge in [-0.05, 0) is 99.1 Å². The second-order valence-corrected chi connectivity index (χ2v) is 15.6. The number of para-hydroxylation sites is 2. The third-order valence-electron chi connectivity index (χ3n) is 11.7. The van der Waals surface area contributed by atoms with Gasteiger partial charge in [0.2, 0.25) is 0 Å². The third kappa shape index (κ3) is 6.32. The van der Waals surface area contributed by atoms with Gasteiger partial charge in [0, 0.05) is 38.2 Å². The van der Waals surface area contributed by atoms with Gasteiger partial charge in [-0.1, -0.05) is 158 Å². The molecule has 5 heteroatoms. The molecule has 3 aromatic heterocycles. The van der Waals surface area contributed by atoms with Crippen molar-refractivity contribution in [3.05, 3.63) is 212 Å². The molecular formula is C57H35N3O2. The van der Waals surface area contributed by atoms with E-state index in [1.165, 1.54) is 0 Å². The number of fused-ring (bicyclic) bond motifs is 6. The molecule has 0 aliphatic heterocycles. The van der Waals surface area contributed by atoms with Crippen molar-refractivity contribution in [2.75, 3.05) is 0 Å². The average molecular weight is 794 g/mol. The van der Waals surface area contributed by atoms with Crippen LogP contribution in [0, 0.1) is 0 Å². The highest BCUT2D eigenvalue weighted by Crippen LogP contribution is 2.39. The Morgan fingerprint density at radius 3 is 1.23 bits per heavy atom. The number of hydrogen-bond acceptors (Lipinski definition) is 5. The van der Waals surface area contributed by atoms with Crippen LogP contribution in [-0.4, -0.2) is 15.0 Å². The maximum Gasteiger partial charge on any atom is 0.164 e. The van der Waals surface area contributed by atoms with E-state index in [0.717, 1.165) is 105 Å². The van der Waals surface area contributed by atoms with Gasteiger partial charge in [0.25, 0.3) is 0 Å². The lowest BCUT2D eigenvalue weighted by atomic mass is 9.94. The van der Waals surface area contributed by atoms with Gasteiger partial charge in [-0.3, -0.25) is 0 Å². The molecule has 0 radical (unpaired) electrons. The molecular weight excluding hydrogens is 759 g/mol. The molecule has 0 fully saturated rings. The van der Waals surface area contributed by atoms with E-state index in [9.17, 15) is 0 Å². The van der Waals surface area contributed by atoms with Crippen molar-refractivity contribution in [1.29, 1.82) is 0 Å². The number of nitrogens with zero attached hydrogens (tertiary/aromatic N) is 3. The number of rotatable bonds is 7. The first-order chi connectivity index (χ1) is 30.7. The molecule has 0 saturated carbocycles. The zero-order valence-electron chi connectivity index (χ0n) is 33.4. The molecule has 5 nitrogen and oxygen atoms in total. The highest BCUT2D eigenvalue weighted by Gasteiger charge is 2.19. The summed E-state index contributed by atoms with van der Waals surface area (Å²) in [6.45, 7) is 0. The summed E-state index contributed by atoms with van der Waals surface area (Å²) in [5.74, 6) is 1.77. The minimum absolute atomic E-state index is 0.577. The Bertz CT molecular complexity index is 3490. The summed E-state index contributed by atoms with van der Waals surface area (Å²) in [6, 6.07) is 73.5. The van der Waals surface area contributed by atoms with Crippen molar-refractivity contribution in [2.24, 2.45) is 0 Å². The van der Waals surface area contributed by atoms with Gasteiger partial charge in [0.15, 0.2) is 17.5 Å². The summed E-state index contributed by atoms with van der Waals surface area (Å²) in [6.07, 6.45) is 0. The largest absolute Gasteiger partial charge is 0.456 e. The smallest absolute Gasteiger partial charge is 0.164 e. The molecule has 0 bridgehead atoms. The lowest BCUT2D eigenvalue weighted by molar-refractivity contribution is 0.668. The number of hydrogen-bond donors (Lipinski definition) is 0. The highest BCUT2D eigenvalue weighted by molar-refractivity contribution is 6.07. The fraction of sp³-hybridized carbons (Fsp3) is 0. The minimum Gasteiger partial charge on any atom is -0.456 e. The van der Waals surface area contributed by atoms with E-state index < -0.39 is 0 Å². The molecule has 3 heterocycles. The zero-order valence-corrected chi connectivity index (χ0v) is 33.4. The average Bonchev–Trinajstić information content (AvgIpc) is 3.92. The predicted octanol–water partition coefficient (Wildman–Crippen LogP) is 15.3. The standard InChI is InChI=1S/C57H35N3O2/c1-3-13-36(14-4-1)37-23-25-39(26-24-37)55-58-56(60-57(59-55)48-20-8-7-17-45(48)38-15-5-2-6-16-38)44-32-42(40-27-29-53-49(34-40)46-18-9-11-21-51(46)61-53)31-43(33-44)41-28-30-54-50(35-41)47-19-10-12-22-52(47)62-54/h1-35H. The van der Waals surface area contributed by atoms with Gasteiger partial charge in [-0.25, -0.2) is 15.0 Å². The first kappa shape index (κ1) is 35.5. The summed E-state index contributed by atoms with van der Waals surface area (Å²) in [7, 11) is 0. The van der Waals surface area contributed by atoms with Crippen molar-refractivity contribution in [2.45, 2.75) is 0 Å². The van der Waals surface area contributed by atoms with E-state index in [2.05, 4.69) is 170 Å². The van der Waals surface area contributed by atoms with Crippen LogP contribution < -0.4 is 0 Å². The van der Waals surface area contributed by atoms with Crippen LogP contribution in [0.4, 0.5) is 0 Å². The van der Waals surface area contributed by atoms with Crippen LogP contribution >= 0.6 is 0 Å². The SMILES string of the molecule is c1ccc(-c2ccc(-c3nc(-c4cc(-c5ccc6oc7ccccc7c6c5)cc(-c5ccc6oc7ccccc7c6c5)c4)nc(-c4ccccc4-c4ccccc4)n3)cc2)cc1. The van der Waals surface area contributed by atoms with Gasteiger partial charge in [-0.15, -0.1) is 0 Å². The molecule has 0 amide bonds. The normalized spacial score (nSPS) is 11.5. The van der Waals surface area contributed by atoms with Gasteiger partial charge >= 0.3 is 0 Å². The quantitative estimate of drug-likeness (QED) is 0.161. The Kier molecular flexibility index (Phi) is 8.42. The fourth-order valence-corrected chi connectivity index (χ4v) is 8.65. The Morgan fingerprint density at radius 2 is 0.629 bits per heavy atom. The van der Waals surface area contributed by atoms with Gasteiger partial charge in [0.1, 0.15) is 22.3 Å². The first-order valence-electron chi connectivity index (χ1n) is 20.7. The van der Waals surface area contributed by atoms with E-state index in [1.807, 2.05) is 42.5 Å². The van der Waals surface area contributed by atoms with Crippen LogP contribution in [0.15, 0.2) is 221 Å². The van der Waals surface area contributed by atoms with E-state index in [4.69, 9.17) is 23.8 Å². The maximum atomic E-state index is 6.25. The Hall–Kier alpha value is -8.41. The lowest BCUT2D eigenvalue weighted by Gasteiger charge is -2.14. The van der Waals surface area contributed by atoms with Crippen LogP contribution in [0.2, 0.25) is 0 Å². The Balaban J connectivity index is 1.08. The predicted molar refractivity (Wildman–Crippen MR) is 252 cm³/mol. The van der Waals surface area contributed by atoms with E-state index in [0.29, 0.717) is 17.5 Å². The summed E-state index contributed by atoms with van der Waals surface area (Å²) in [5, 5.41) is 4.30. The second-order valence-electron chi connectivity index (χ2n) is 15.6. The Labute approximate surface area is 357 Å². The van der Waals surface area contributed by atoms with Crippen LogP contribution in [0.5, 0.6) is 0 Å². The summed E-state index contributed by atoms with van der Waals surface area (Å²) in [5.41, 5.74) is 14.7. The highest BCUT2D eigenvalue weighted by atomic mass is 16.3. The van der Waals surface area contributed by atoms with Crippen molar-refractivity contribution in [3.8, 4) is 78.7 Å². The molecule has 9 aromatic carbocycles. The molecule has 12 aromatic rings. The molecule has 0 spiro atoms. The van der Waals surface area contributed by atoms with Crippen LogP contribution in [0.1, 0.15) is 0 Å². The first-order valence-corrected chi connectivity index (χ1v) is 20.7. The van der Waals surface area contributed by atoms with Crippen molar-refractivity contribution in [3.63, 3.8) is 0 Å². The van der Waals surface area contributed by atoms with Gasteiger partial charge in [0.05, 0.1) is 0 Å². The summed E-state index contributed by atoms with van der Waals surface area (Å²) in [4.78, 5) is 15.8. The van der Waals surface area contributed by atoms with Crippen LogP contribution in [0.3, 0.4) is 0 Å².